The molecule has 0 unspecified atom stereocenters. The molecule has 11 heteroatoms. The zero-order chi connectivity index (χ0) is 20.5. The van der Waals surface area contributed by atoms with Crippen LogP contribution >= 0.6 is 24.0 Å². The van der Waals surface area contributed by atoms with E-state index in [1.165, 1.54) is 23.1 Å². The van der Waals surface area contributed by atoms with E-state index >= 15 is 0 Å². The maximum absolute atomic E-state index is 12.4. The Balaban J connectivity index is 1.78. The van der Waals surface area contributed by atoms with Crippen molar-refractivity contribution < 1.29 is 27.5 Å². The standard InChI is InChI=1S/C17H14N2O6S3/c18-28(23,24)12-4-1-10(2-5-12)13-6-3-11(25-13)9-14-16(22)19(17(26)27-14)8-7-15(20)21/h1-6,9H,7-8H2,(H,20,21)(H2,18,23,24). The molecule has 1 aromatic carbocycles. The third-order valence-electron chi connectivity index (χ3n) is 3.79. The van der Waals surface area contributed by atoms with Crippen molar-refractivity contribution in [2.45, 2.75) is 11.3 Å². The number of sulfonamides is 1. The van der Waals surface area contributed by atoms with Gasteiger partial charge in [0.1, 0.15) is 15.8 Å². The Kier molecular flexibility index (Phi) is 5.70. The minimum Gasteiger partial charge on any atom is -0.481 e. The lowest BCUT2D eigenvalue weighted by Crippen LogP contribution is -2.30. The summed E-state index contributed by atoms with van der Waals surface area (Å²) in [6.07, 6.45) is 1.33. The molecule has 0 radical (unpaired) electrons. The van der Waals surface area contributed by atoms with Gasteiger partial charge in [0.2, 0.25) is 10.0 Å². The van der Waals surface area contributed by atoms with Crippen LogP contribution in [-0.4, -0.2) is 41.2 Å². The maximum atomic E-state index is 12.4. The van der Waals surface area contributed by atoms with E-state index in [-0.39, 0.29) is 23.8 Å². The number of carboxylic acid groups (broad SMARTS) is 1. The number of nitrogens with zero attached hydrogens (tertiary/aromatic N) is 1. The van der Waals surface area contributed by atoms with Gasteiger partial charge in [-0.15, -0.1) is 0 Å². The van der Waals surface area contributed by atoms with Crippen molar-refractivity contribution >= 4 is 56.3 Å². The van der Waals surface area contributed by atoms with E-state index in [0.29, 0.717) is 26.3 Å². The smallest absolute Gasteiger partial charge is 0.305 e. The number of amides is 1. The van der Waals surface area contributed by atoms with Crippen LogP contribution in [0.2, 0.25) is 0 Å². The Morgan fingerprint density at radius 1 is 1.25 bits per heavy atom. The van der Waals surface area contributed by atoms with Crippen LogP contribution in [0.1, 0.15) is 12.2 Å². The van der Waals surface area contributed by atoms with Gasteiger partial charge in [0.15, 0.2) is 0 Å². The average molecular weight is 439 g/mol. The topological polar surface area (TPSA) is 131 Å². The second-order valence-electron chi connectivity index (χ2n) is 5.75. The van der Waals surface area contributed by atoms with E-state index in [9.17, 15) is 18.0 Å². The van der Waals surface area contributed by atoms with Gasteiger partial charge in [0, 0.05) is 18.2 Å². The second-order valence-corrected chi connectivity index (χ2v) is 8.99. The molecule has 3 rings (SSSR count). The van der Waals surface area contributed by atoms with Gasteiger partial charge in [-0.3, -0.25) is 14.5 Å². The van der Waals surface area contributed by atoms with Crippen LogP contribution in [0.5, 0.6) is 0 Å². The number of hydrogen-bond acceptors (Lipinski definition) is 7. The summed E-state index contributed by atoms with van der Waals surface area (Å²) in [4.78, 5) is 24.7. The molecule has 28 heavy (non-hydrogen) atoms. The Hall–Kier alpha value is -2.47. The third kappa shape index (κ3) is 4.50. The average Bonchev–Trinajstić information content (AvgIpc) is 3.18. The van der Waals surface area contributed by atoms with Gasteiger partial charge in [0.05, 0.1) is 16.2 Å². The summed E-state index contributed by atoms with van der Waals surface area (Å²) in [5.41, 5.74) is 0.640. The summed E-state index contributed by atoms with van der Waals surface area (Å²) >= 11 is 6.20. The molecule has 8 nitrogen and oxygen atoms in total. The lowest BCUT2D eigenvalue weighted by atomic mass is 10.2. The summed E-state index contributed by atoms with van der Waals surface area (Å²) in [6.45, 7) is 0.0111. The molecule has 1 aromatic heterocycles. The van der Waals surface area contributed by atoms with Crippen LogP contribution in [0.4, 0.5) is 0 Å². The zero-order valence-electron chi connectivity index (χ0n) is 14.2. The highest BCUT2D eigenvalue weighted by Gasteiger charge is 2.32. The fourth-order valence-electron chi connectivity index (χ4n) is 2.42. The molecular formula is C17H14N2O6S3. The monoisotopic (exact) mass is 438 g/mol. The Morgan fingerprint density at radius 3 is 2.54 bits per heavy atom. The first-order chi connectivity index (χ1) is 13.1. The number of rotatable bonds is 6. The molecule has 1 amide bonds. The van der Waals surface area contributed by atoms with Crippen molar-refractivity contribution in [2.75, 3.05) is 6.54 Å². The number of furan rings is 1. The van der Waals surface area contributed by atoms with Gasteiger partial charge < -0.3 is 9.52 Å². The zero-order valence-corrected chi connectivity index (χ0v) is 16.6. The SMILES string of the molecule is NS(=O)(=O)c1ccc(-c2ccc(C=C3SC(=S)N(CCC(=O)O)C3=O)o2)cc1. The predicted octanol–water partition coefficient (Wildman–Crippen LogP) is 2.27. The molecule has 146 valence electrons. The number of aliphatic carboxylic acids is 1. The van der Waals surface area contributed by atoms with Crippen molar-refractivity contribution in [3.8, 4) is 11.3 Å². The highest BCUT2D eigenvalue weighted by Crippen LogP contribution is 2.33. The minimum absolute atomic E-state index is 0.00642. The predicted molar refractivity (Wildman–Crippen MR) is 108 cm³/mol. The summed E-state index contributed by atoms with van der Waals surface area (Å²) in [5, 5.41) is 13.8. The van der Waals surface area contributed by atoms with Crippen LogP contribution in [-0.2, 0) is 19.6 Å². The molecule has 0 atom stereocenters. The molecule has 0 spiro atoms. The quantitative estimate of drug-likeness (QED) is 0.519. The van der Waals surface area contributed by atoms with Crippen LogP contribution < -0.4 is 5.14 Å². The number of thiocarbonyl (C=S) groups is 1. The Bertz CT molecular complexity index is 1090. The number of carbonyl (C=O) groups excluding carboxylic acids is 1. The molecular weight excluding hydrogens is 424 g/mol. The maximum Gasteiger partial charge on any atom is 0.305 e. The summed E-state index contributed by atoms with van der Waals surface area (Å²) in [7, 11) is -3.77. The van der Waals surface area contributed by atoms with Crippen LogP contribution in [0, 0.1) is 0 Å². The number of primary sulfonamides is 1. The normalized spacial score (nSPS) is 16.2. The van der Waals surface area contributed by atoms with Crippen molar-refractivity contribution in [2.24, 2.45) is 5.14 Å². The number of benzene rings is 1. The molecule has 0 saturated carbocycles. The van der Waals surface area contributed by atoms with Crippen LogP contribution in [0.15, 0.2) is 50.6 Å². The third-order valence-corrected chi connectivity index (χ3v) is 6.10. The fraction of sp³-hybridized carbons (Fsp3) is 0.118. The van der Waals surface area contributed by atoms with Gasteiger partial charge in [-0.05, 0) is 36.4 Å². The van der Waals surface area contributed by atoms with Crippen molar-refractivity contribution in [1.29, 1.82) is 0 Å². The molecule has 1 fully saturated rings. The number of thioether (sulfide) groups is 1. The van der Waals surface area contributed by atoms with Gasteiger partial charge in [0.25, 0.3) is 5.91 Å². The highest BCUT2D eigenvalue weighted by molar-refractivity contribution is 8.26. The lowest BCUT2D eigenvalue weighted by Gasteiger charge is -2.12. The van der Waals surface area contributed by atoms with E-state index in [2.05, 4.69) is 0 Å². The van der Waals surface area contributed by atoms with Gasteiger partial charge >= 0.3 is 5.97 Å². The number of hydrogen-bond donors (Lipinski definition) is 2. The van der Waals surface area contributed by atoms with E-state index in [0.717, 1.165) is 11.8 Å². The first-order valence-corrected chi connectivity index (χ1v) is 10.6. The molecule has 3 N–H and O–H groups in total. The Labute approximate surface area is 170 Å². The van der Waals surface area contributed by atoms with Gasteiger partial charge in [-0.1, -0.05) is 24.0 Å². The van der Waals surface area contributed by atoms with Gasteiger partial charge in [-0.2, -0.15) is 0 Å². The minimum atomic E-state index is -3.77. The molecule has 1 aliphatic rings. The molecule has 0 aliphatic carbocycles. The highest BCUT2D eigenvalue weighted by atomic mass is 32.2. The van der Waals surface area contributed by atoms with Crippen LogP contribution in [0.3, 0.4) is 0 Å². The number of carboxylic acids is 1. The van der Waals surface area contributed by atoms with Crippen molar-refractivity contribution in [3.63, 3.8) is 0 Å². The first-order valence-electron chi connectivity index (χ1n) is 7.85. The van der Waals surface area contributed by atoms with Crippen molar-refractivity contribution in [1.82, 2.24) is 4.90 Å². The largest absolute Gasteiger partial charge is 0.481 e. The first kappa shape index (κ1) is 20.3. The van der Waals surface area contributed by atoms with E-state index in [1.54, 1.807) is 24.3 Å². The summed E-state index contributed by atoms with van der Waals surface area (Å²) < 4.78 is 28.6. The molecule has 0 bridgehead atoms. The Morgan fingerprint density at radius 2 is 1.93 bits per heavy atom. The van der Waals surface area contributed by atoms with E-state index in [4.69, 9.17) is 26.9 Å². The molecule has 2 aromatic rings. The second kappa shape index (κ2) is 7.87. The van der Waals surface area contributed by atoms with E-state index < -0.39 is 16.0 Å². The molecule has 1 aliphatic heterocycles. The van der Waals surface area contributed by atoms with Crippen molar-refractivity contribution in [3.05, 3.63) is 47.1 Å². The van der Waals surface area contributed by atoms with Gasteiger partial charge in [-0.25, -0.2) is 13.6 Å². The number of nitrogens with two attached hydrogens (primary N) is 1. The van der Waals surface area contributed by atoms with Crippen LogP contribution in [0.25, 0.3) is 17.4 Å². The lowest BCUT2D eigenvalue weighted by molar-refractivity contribution is -0.137. The van der Waals surface area contributed by atoms with E-state index in [1.807, 2.05) is 0 Å². The number of carbonyl (C=O) groups is 2. The summed E-state index contributed by atoms with van der Waals surface area (Å²) in [6, 6.07) is 9.22. The molecule has 2 heterocycles. The summed E-state index contributed by atoms with van der Waals surface area (Å²) in [5.74, 6) is -0.494. The fourth-order valence-corrected chi connectivity index (χ4v) is 4.23. The molecule has 1 saturated heterocycles.